The van der Waals surface area contributed by atoms with Gasteiger partial charge in [0, 0.05) is 18.2 Å². The van der Waals surface area contributed by atoms with Crippen molar-refractivity contribution in [2.45, 2.75) is 32.2 Å². The molecule has 1 aliphatic rings. The Kier molecular flexibility index (Phi) is 5.65. The van der Waals surface area contributed by atoms with E-state index >= 15 is 0 Å². The number of carbonyl (C=O) groups is 1. The lowest BCUT2D eigenvalue weighted by Gasteiger charge is -2.23. The van der Waals surface area contributed by atoms with Crippen molar-refractivity contribution >= 4 is 5.91 Å². The predicted octanol–water partition coefficient (Wildman–Crippen LogP) is 1.89. The van der Waals surface area contributed by atoms with Crippen LogP contribution in [0.5, 0.6) is 5.75 Å². The van der Waals surface area contributed by atoms with Crippen molar-refractivity contribution in [3.05, 3.63) is 30.2 Å². The van der Waals surface area contributed by atoms with Crippen LogP contribution in [0.2, 0.25) is 0 Å². The van der Waals surface area contributed by atoms with Gasteiger partial charge in [-0.05, 0) is 57.1 Å². The number of benzene rings is 1. The molecule has 1 saturated heterocycles. The molecule has 0 radical (unpaired) electrons. The predicted molar refractivity (Wildman–Crippen MR) is 93.3 cm³/mol. The summed E-state index contributed by atoms with van der Waals surface area (Å²) in [6.45, 7) is 5.01. The van der Waals surface area contributed by atoms with E-state index in [1.165, 1.54) is 12.8 Å². The van der Waals surface area contributed by atoms with Gasteiger partial charge >= 0.3 is 0 Å². The molecule has 2 aromatic rings. The Morgan fingerprint density at radius 3 is 2.72 bits per heavy atom. The highest BCUT2D eigenvalue weighted by molar-refractivity contribution is 5.77. The second kappa shape index (κ2) is 8.11. The van der Waals surface area contributed by atoms with Crippen molar-refractivity contribution in [3.8, 4) is 17.1 Å². The van der Waals surface area contributed by atoms with Crippen molar-refractivity contribution in [2.75, 3.05) is 26.7 Å². The van der Waals surface area contributed by atoms with Crippen LogP contribution in [0.3, 0.4) is 0 Å². The van der Waals surface area contributed by atoms with Crippen molar-refractivity contribution < 1.29 is 14.1 Å². The van der Waals surface area contributed by atoms with Crippen molar-refractivity contribution in [1.29, 1.82) is 0 Å². The maximum absolute atomic E-state index is 12.1. The molecule has 1 aromatic carbocycles. The molecular formula is C18H24N4O3. The van der Waals surface area contributed by atoms with Crippen LogP contribution in [0, 0.1) is 0 Å². The molecule has 25 heavy (non-hydrogen) atoms. The van der Waals surface area contributed by atoms with Gasteiger partial charge in [0.1, 0.15) is 12.2 Å². The molecule has 7 nitrogen and oxygen atoms in total. The molecule has 7 heteroatoms. The second-order valence-electron chi connectivity index (χ2n) is 6.31. The van der Waals surface area contributed by atoms with E-state index < -0.39 is 0 Å². The third-order valence-corrected chi connectivity index (χ3v) is 4.49. The molecule has 1 atom stereocenters. The molecule has 0 saturated carbocycles. The second-order valence-corrected chi connectivity index (χ2v) is 6.31. The minimum absolute atomic E-state index is 0.0931. The lowest BCUT2D eigenvalue weighted by atomic mass is 10.2. The normalized spacial score (nSPS) is 15.9. The minimum atomic E-state index is -0.101. The summed E-state index contributed by atoms with van der Waals surface area (Å²) in [5, 5.41) is 6.89. The van der Waals surface area contributed by atoms with E-state index in [1.54, 1.807) is 7.11 Å². The first-order chi connectivity index (χ1) is 12.2. The van der Waals surface area contributed by atoms with Crippen LogP contribution in [0.25, 0.3) is 11.4 Å². The Hall–Kier alpha value is -2.41. The van der Waals surface area contributed by atoms with Gasteiger partial charge in [-0.3, -0.25) is 9.69 Å². The summed E-state index contributed by atoms with van der Waals surface area (Å²) in [5.74, 6) is 1.45. The third-order valence-electron chi connectivity index (χ3n) is 4.49. The van der Waals surface area contributed by atoms with Crippen LogP contribution in [0.4, 0.5) is 0 Å². The molecule has 1 amide bonds. The highest BCUT2D eigenvalue weighted by atomic mass is 16.5. The average molecular weight is 344 g/mol. The molecule has 2 heterocycles. The Morgan fingerprint density at radius 2 is 2.04 bits per heavy atom. The number of likely N-dealkylation sites (tertiary alicyclic amines) is 1. The Balaban J connectivity index is 1.50. The van der Waals surface area contributed by atoms with Gasteiger partial charge in [0.25, 0.3) is 0 Å². The highest BCUT2D eigenvalue weighted by Gasteiger charge is 2.19. The maximum Gasteiger partial charge on any atom is 0.236 e. The lowest BCUT2D eigenvalue weighted by Crippen LogP contribution is -2.41. The number of nitrogens with zero attached hydrogens (tertiary/aromatic N) is 3. The quantitative estimate of drug-likeness (QED) is 0.826. The molecule has 1 aliphatic heterocycles. The van der Waals surface area contributed by atoms with Crippen LogP contribution >= 0.6 is 0 Å². The zero-order valence-electron chi connectivity index (χ0n) is 14.7. The summed E-state index contributed by atoms with van der Waals surface area (Å²) in [4.78, 5) is 18.8. The molecule has 1 aromatic heterocycles. The van der Waals surface area contributed by atoms with Gasteiger partial charge in [-0.25, -0.2) is 0 Å². The molecule has 0 spiro atoms. The summed E-state index contributed by atoms with van der Waals surface area (Å²) in [7, 11) is 1.62. The third kappa shape index (κ3) is 4.57. The number of aromatic nitrogens is 2. The van der Waals surface area contributed by atoms with Crippen LogP contribution in [0.1, 0.15) is 25.7 Å². The first-order valence-electron chi connectivity index (χ1n) is 8.63. The molecule has 134 valence electrons. The lowest BCUT2D eigenvalue weighted by molar-refractivity contribution is -0.121. The fraction of sp³-hybridized carbons (Fsp3) is 0.500. The average Bonchev–Trinajstić information content (AvgIpc) is 3.32. The number of hydrogen-bond donors (Lipinski definition) is 1. The zero-order chi connectivity index (χ0) is 17.6. The summed E-state index contributed by atoms with van der Waals surface area (Å²) in [6.07, 6.45) is 2.58. The van der Waals surface area contributed by atoms with E-state index in [0.717, 1.165) is 24.4 Å². The number of hydrogen-bond acceptors (Lipinski definition) is 6. The zero-order valence-corrected chi connectivity index (χ0v) is 14.7. The smallest absolute Gasteiger partial charge is 0.236 e. The van der Waals surface area contributed by atoms with E-state index in [4.69, 9.17) is 9.26 Å². The highest BCUT2D eigenvalue weighted by Crippen LogP contribution is 2.19. The van der Waals surface area contributed by atoms with E-state index in [1.807, 2.05) is 24.3 Å². The molecule has 1 fully saturated rings. The van der Waals surface area contributed by atoms with Gasteiger partial charge in [-0.15, -0.1) is 0 Å². The summed E-state index contributed by atoms with van der Waals surface area (Å²) in [6, 6.07) is 7.72. The van der Waals surface area contributed by atoms with Gasteiger partial charge in [0.05, 0.1) is 7.11 Å². The molecule has 3 rings (SSSR count). The van der Waals surface area contributed by atoms with Gasteiger partial charge in [-0.1, -0.05) is 5.16 Å². The van der Waals surface area contributed by atoms with Gasteiger partial charge in [-0.2, -0.15) is 4.98 Å². The van der Waals surface area contributed by atoms with E-state index in [-0.39, 0.29) is 12.3 Å². The minimum Gasteiger partial charge on any atom is -0.497 e. The van der Waals surface area contributed by atoms with Gasteiger partial charge in [0.15, 0.2) is 0 Å². The number of carbonyl (C=O) groups excluding carboxylic acids is 1. The van der Waals surface area contributed by atoms with Crippen molar-refractivity contribution in [3.63, 3.8) is 0 Å². The van der Waals surface area contributed by atoms with E-state index in [9.17, 15) is 4.79 Å². The topological polar surface area (TPSA) is 80.5 Å². The van der Waals surface area contributed by atoms with Crippen LogP contribution in [0.15, 0.2) is 28.8 Å². The summed E-state index contributed by atoms with van der Waals surface area (Å²) in [5.41, 5.74) is 0.818. The van der Waals surface area contributed by atoms with E-state index in [2.05, 4.69) is 27.3 Å². The number of amides is 1. The molecule has 0 bridgehead atoms. The first-order valence-corrected chi connectivity index (χ1v) is 8.63. The van der Waals surface area contributed by atoms with Crippen molar-refractivity contribution in [2.24, 2.45) is 0 Å². The number of rotatable bonds is 7. The summed E-state index contributed by atoms with van der Waals surface area (Å²) >= 11 is 0. The molecule has 0 aliphatic carbocycles. The molecule has 1 unspecified atom stereocenters. The molecular weight excluding hydrogens is 320 g/mol. The van der Waals surface area contributed by atoms with E-state index in [0.29, 0.717) is 24.3 Å². The first kappa shape index (κ1) is 17.4. The van der Waals surface area contributed by atoms with Crippen LogP contribution in [-0.4, -0.2) is 53.7 Å². The largest absolute Gasteiger partial charge is 0.497 e. The molecule has 1 N–H and O–H groups in total. The number of ether oxygens (including phenoxy) is 1. The van der Waals surface area contributed by atoms with Gasteiger partial charge in [0.2, 0.25) is 17.6 Å². The maximum atomic E-state index is 12.1. The van der Waals surface area contributed by atoms with Gasteiger partial charge < -0.3 is 14.6 Å². The standard InChI is InChI=1S/C18H24N4O3/c1-13(22-9-3-4-10-22)12-19-16(23)11-17-20-18(21-25-17)14-5-7-15(24-2)8-6-14/h5-8,13H,3-4,9-12H2,1-2H3,(H,19,23). The summed E-state index contributed by atoms with van der Waals surface area (Å²) < 4.78 is 10.3. The number of methoxy groups -OCH3 is 1. The SMILES string of the molecule is COc1ccc(-c2noc(CC(=O)NCC(C)N3CCCC3)n2)cc1. The fourth-order valence-corrected chi connectivity index (χ4v) is 2.96. The Bertz CT molecular complexity index is 693. The van der Waals surface area contributed by atoms with Crippen LogP contribution < -0.4 is 10.1 Å². The fourth-order valence-electron chi connectivity index (χ4n) is 2.96. The number of nitrogens with one attached hydrogen (secondary N) is 1. The Labute approximate surface area is 147 Å². The van der Waals surface area contributed by atoms with Crippen molar-refractivity contribution in [1.82, 2.24) is 20.4 Å². The monoisotopic (exact) mass is 344 g/mol. The van der Waals surface area contributed by atoms with Crippen LogP contribution in [-0.2, 0) is 11.2 Å². The Morgan fingerprint density at radius 1 is 1.32 bits per heavy atom.